The van der Waals surface area contributed by atoms with E-state index < -0.39 is 6.03 Å². The molecule has 2 N–H and O–H groups in total. The first kappa shape index (κ1) is 14.0. The highest BCUT2D eigenvalue weighted by Gasteiger charge is 2.30. The van der Waals surface area contributed by atoms with Crippen LogP contribution in [0.2, 0.25) is 0 Å². The number of hydrogen-bond acceptors (Lipinski definition) is 4. The molecule has 0 unspecified atom stereocenters. The van der Waals surface area contributed by atoms with Gasteiger partial charge in [-0.05, 0) is 43.5 Å². The van der Waals surface area contributed by atoms with Crippen molar-refractivity contribution >= 4 is 17.7 Å². The fourth-order valence-corrected chi connectivity index (χ4v) is 3.12. The van der Waals surface area contributed by atoms with Gasteiger partial charge in [0.1, 0.15) is 0 Å². The lowest BCUT2D eigenvalue weighted by molar-refractivity contribution is -0.121. The molecule has 0 aromatic carbocycles. The largest absolute Gasteiger partial charge is 0.328 e. The van der Waals surface area contributed by atoms with Crippen molar-refractivity contribution in [3.05, 3.63) is 23.4 Å². The van der Waals surface area contributed by atoms with Gasteiger partial charge in [-0.15, -0.1) is 0 Å². The second-order valence-corrected chi connectivity index (χ2v) is 5.66. The van der Waals surface area contributed by atoms with Gasteiger partial charge >= 0.3 is 6.03 Å². The van der Waals surface area contributed by atoms with E-state index in [0.717, 1.165) is 31.5 Å². The molecular weight excluding hydrogens is 270 g/mol. The molecule has 112 valence electrons. The summed E-state index contributed by atoms with van der Waals surface area (Å²) in [5.74, 6) is 0.169. The van der Waals surface area contributed by atoms with Gasteiger partial charge in [0.05, 0.1) is 6.42 Å². The Labute approximate surface area is 123 Å². The zero-order valence-corrected chi connectivity index (χ0v) is 11.9. The Kier molecular flexibility index (Phi) is 3.88. The van der Waals surface area contributed by atoms with E-state index in [9.17, 15) is 14.4 Å². The van der Waals surface area contributed by atoms with Crippen molar-refractivity contribution in [2.75, 3.05) is 19.6 Å². The number of hydrogen-bond donors (Lipinski definition) is 2. The van der Waals surface area contributed by atoms with Gasteiger partial charge < -0.3 is 5.32 Å². The predicted octanol–water partition coefficient (Wildman–Crippen LogP) is 0.711. The van der Waals surface area contributed by atoms with Crippen LogP contribution in [0, 0.1) is 5.92 Å². The van der Waals surface area contributed by atoms with Gasteiger partial charge in [0.2, 0.25) is 5.91 Å². The Morgan fingerprint density at radius 3 is 2.52 bits per heavy atom. The molecule has 3 rings (SSSR count). The molecule has 6 heteroatoms. The highest BCUT2D eigenvalue weighted by Crippen LogP contribution is 2.29. The third-order valence-corrected chi connectivity index (χ3v) is 4.30. The molecule has 0 aromatic heterocycles. The van der Waals surface area contributed by atoms with Crippen LogP contribution in [0.1, 0.15) is 25.7 Å². The van der Waals surface area contributed by atoms with Crippen molar-refractivity contribution in [2.24, 2.45) is 5.92 Å². The van der Waals surface area contributed by atoms with Crippen molar-refractivity contribution in [3.63, 3.8) is 0 Å². The van der Waals surface area contributed by atoms with E-state index in [1.807, 2.05) is 12.2 Å². The monoisotopic (exact) mass is 289 g/mol. The number of imide groups is 1. The van der Waals surface area contributed by atoms with Gasteiger partial charge in [0.25, 0.3) is 0 Å². The second-order valence-electron chi connectivity index (χ2n) is 5.66. The summed E-state index contributed by atoms with van der Waals surface area (Å²) in [4.78, 5) is 36.8. The van der Waals surface area contributed by atoms with E-state index in [1.54, 1.807) is 0 Å². The Balaban J connectivity index is 1.75. The number of piperidine rings is 1. The van der Waals surface area contributed by atoms with Crippen LogP contribution in [-0.4, -0.2) is 42.3 Å². The molecule has 0 aromatic rings. The van der Waals surface area contributed by atoms with E-state index in [4.69, 9.17) is 0 Å². The van der Waals surface area contributed by atoms with E-state index in [2.05, 4.69) is 10.6 Å². The van der Waals surface area contributed by atoms with Crippen molar-refractivity contribution in [1.82, 2.24) is 15.5 Å². The van der Waals surface area contributed by atoms with Gasteiger partial charge in [0.15, 0.2) is 5.78 Å². The van der Waals surface area contributed by atoms with Crippen LogP contribution in [0.4, 0.5) is 4.79 Å². The standard InChI is InChI=1S/C15H19N3O3/c19-13-9-11(18-8-5-14(20)17-15(18)21)1-2-12(13)10-3-6-16-7-4-10/h1-2,10,16H,3-9H2,(H,17,20,21). The maximum atomic E-state index is 12.4. The first-order valence-electron chi connectivity index (χ1n) is 7.41. The number of ketones is 1. The summed E-state index contributed by atoms with van der Waals surface area (Å²) < 4.78 is 0. The molecular formula is C15H19N3O3. The number of rotatable bonds is 2. The van der Waals surface area contributed by atoms with Gasteiger partial charge in [0, 0.05) is 18.7 Å². The number of nitrogens with zero attached hydrogens (tertiary/aromatic N) is 1. The number of Topliss-reactive ketones (excluding diaryl/α,β-unsaturated/α-hetero) is 1. The van der Waals surface area contributed by atoms with Gasteiger partial charge in [-0.1, -0.05) is 6.08 Å². The number of nitrogens with one attached hydrogen (secondary N) is 2. The summed E-state index contributed by atoms with van der Waals surface area (Å²) in [6.45, 7) is 2.24. The molecule has 2 aliphatic heterocycles. The van der Waals surface area contributed by atoms with Crippen LogP contribution in [0.15, 0.2) is 23.4 Å². The molecule has 3 aliphatic rings. The zero-order valence-electron chi connectivity index (χ0n) is 11.9. The number of urea groups is 1. The van der Waals surface area contributed by atoms with Crippen molar-refractivity contribution in [2.45, 2.75) is 25.7 Å². The van der Waals surface area contributed by atoms with Gasteiger partial charge in [-0.3, -0.25) is 19.8 Å². The smallest absolute Gasteiger partial charge is 0.317 e. The Morgan fingerprint density at radius 1 is 1.10 bits per heavy atom. The van der Waals surface area contributed by atoms with Crippen molar-refractivity contribution < 1.29 is 14.4 Å². The minimum atomic E-state index is -0.427. The fourth-order valence-electron chi connectivity index (χ4n) is 3.12. The fraction of sp³-hybridized carbons (Fsp3) is 0.533. The maximum absolute atomic E-state index is 12.4. The summed E-state index contributed by atoms with van der Waals surface area (Å²) in [5, 5.41) is 5.58. The SMILES string of the molecule is O=C1CCN(C2=CC=C(C3CCNCC3)C(=O)C2)C(=O)N1. The Hall–Kier alpha value is -1.95. The first-order chi connectivity index (χ1) is 10.1. The topological polar surface area (TPSA) is 78.5 Å². The lowest BCUT2D eigenvalue weighted by atomic mass is 9.84. The van der Waals surface area contributed by atoms with Crippen LogP contribution in [0.25, 0.3) is 0 Å². The van der Waals surface area contributed by atoms with Gasteiger partial charge in [-0.25, -0.2) is 4.79 Å². The number of carbonyl (C=O) groups excluding carboxylic acids is 3. The van der Waals surface area contributed by atoms with E-state index in [-0.39, 0.29) is 24.5 Å². The van der Waals surface area contributed by atoms with Crippen LogP contribution in [0.5, 0.6) is 0 Å². The van der Waals surface area contributed by atoms with E-state index >= 15 is 0 Å². The third-order valence-electron chi connectivity index (χ3n) is 4.30. The van der Waals surface area contributed by atoms with Crippen molar-refractivity contribution in [3.8, 4) is 0 Å². The van der Waals surface area contributed by atoms with Crippen LogP contribution in [0.3, 0.4) is 0 Å². The molecule has 1 aliphatic carbocycles. The number of carbonyl (C=O) groups is 3. The molecule has 3 amide bonds. The van der Waals surface area contributed by atoms with Crippen LogP contribution >= 0.6 is 0 Å². The maximum Gasteiger partial charge on any atom is 0.328 e. The van der Waals surface area contributed by atoms with Gasteiger partial charge in [-0.2, -0.15) is 0 Å². The quantitative estimate of drug-likeness (QED) is 0.785. The molecule has 2 heterocycles. The normalized spacial score (nSPS) is 24.6. The first-order valence-corrected chi connectivity index (χ1v) is 7.41. The minimum absolute atomic E-state index is 0.101. The molecule has 0 saturated carbocycles. The second kappa shape index (κ2) is 5.81. The lowest BCUT2D eigenvalue weighted by Crippen LogP contribution is -2.49. The average Bonchev–Trinajstić information content (AvgIpc) is 2.48. The third kappa shape index (κ3) is 2.90. The summed E-state index contributed by atoms with van der Waals surface area (Å²) >= 11 is 0. The summed E-state index contributed by atoms with van der Waals surface area (Å²) in [5.41, 5.74) is 1.57. The molecule has 6 nitrogen and oxygen atoms in total. The Bertz CT molecular complexity index is 544. The molecule has 0 spiro atoms. The van der Waals surface area contributed by atoms with Crippen LogP contribution in [-0.2, 0) is 9.59 Å². The molecule has 2 fully saturated rings. The molecule has 2 saturated heterocycles. The average molecular weight is 289 g/mol. The van der Waals surface area contributed by atoms with Crippen molar-refractivity contribution in [1.29, 1.82) is 0 Å². The van der Waals surface area contributed by atoms with E-state index in [0.29, 0.717) is 18.2 Å². The highest BCUT2D eigenvalue weighted by atomic mass is 16.2. The number of amides is 3. The molecule has 0 atom stereocenters. The number of allylic oxidation sites excluding steroid dienone is 4. The van der Waals surface area contributed by atoms with E-state index in [1.165, 1.54) is 4.90 Å². The lowest BCUT2D eigenvalue weighted by Gasteiger charge is -2.31. The molecule has 0 bridgehead atoms. The molecule has 21 heavy (non-hydrogen) atoms. The minimum Gasteiger partial charge on any atom is -0.317 e. The summed E-state index contributed by atoms with van der Waals surface area (Å²) in [6, 6.07) is -0.427. The summed E-state index contributed by atoms with van der Waals surface area (Å²) in [6.07, 6.45) is 6.22. The highest BCUT2D eigenvalue weighted by molar-refractivity contribution is 6.01. The predicted molar refractivity (Wildman–Crippen MR) is 76.2 cm³/mol. The zero-order chi connectivity index (χ0) is 14.8. The Morgan fingerprint density at radius 2 is 1.86 bits per heavy atom. The summed E-state index contributed by atoms with van der Waals surface area (Å²) in [7, 11) is 0. The van der Waals surface area contributed by atoms with Crippen LogP contribution < -0.4 is 10.6 Å². The molecule has 0 radical (unpaired) electrons.